The standard InChI is InChI=1S/C24H24N4O2/c1-18(19-11-13-21(14-12-19)28-17-25-16-26-28)27-24(29)10-5-15-30-23-9-4-7-20-6-2-3-8-22(20)23/h2-4,6-9,11-14,16-18H,5,10,15H2,1H3,(H,27,29). The van der Waals surface area contributed by atoms with Gasteiger partial charge in [-0.25, -0.2) is 9.67 Å². The average molecular weight is 400 g/mol. The summed E-state index contributed by atoms with van der Waals surface area (Å²) in [6, 6.07) is 22.0. The Kier molecular flexibility index (Phi) is 6.03. The molecular weight excluding hydrogens is 376 g/mol. The molecular formula is C24H24N4O2. The van der Waals surface area contributed by atoms with E-state index in [1.165, 1.54) is 6.33 Å². The number of rotatable bonds is 8. The molecule has 4 rings (SSSR count). The van der Waals surface area contributed by atoms with Crippen molar-refractivity contribution in [3.05, 3.63) is 84.9 Å². The minimum Gasteiger partial charge on any atom is -0.493 e. The van der Waals surface area contributed by atoms with Gasteiger partial charge in [-0.3, -0.25) is 4.79 Å². The van der Waals surface area contributed by atoms with E-state index >= 15 is 0 Å². The van der Waals surface area contributed by atoms with Crippen LogP contribution in [0.2, 0.25) is 0 Å². The first-order chi connectivity index (χ1) is 14.7. The monoisotopic (exact) mass is 400 g/mol. The van der Waals surface area contributed by atoms with Crippen molar-refractivity contribution < 1.29 is 9.53 Å². The van der Waals surface area contributed by atoms with Crippen LogP contribution < -0.4 is 10.1 Å². The van der Waals surface area contributed by atoms with Gasteiger partial charge in [-0.1, -0.05) is 48.5 Å². The van der Waals surface area contributed by atoms with E-state index < -0.39 is 0 Å². The molecule has 1 amide bonds. The minimum atomic E-state index is -0.0683. The Hall–Kier alpha value is -3.67. The van der Waals surface area contributed by atoms with E-state index in [0.717, 1.165) is 27.8 Å². The molecule has 1 unspecified atom stereocenters. The second kappa shape index (κ2) is 9.22. The van der Waals surface area contributed by atoms with Crippen molar-refractivity contribution in [2.45, 2.75) is 25.8 Å². The Morgan fingerprint density at radius 2 is 1.87 bits per heavy atom. The second-order valence-electron chi connectivity index (χ2n) is 7.15. The first-order valence-corrected chi connectivity index (χ1v) is 10.1. The zero-order chi connectivity index (χ0) is 20.8. The molecule has 1 atom stereocenters. The molecule has 6 heteroatoms. The number of fused-ring (bicyclic) bond motifs is 1. The van der Waals surface area contributed by atoms with Gasteiger partial charge in [0.25, 0.3) is 0 Å². The number of ether oxygens (including phenoxy) is 1. The molecule has 3 aromatic carbocycles. The van der Waals surface area contributed by atoms with Gasteiger partial charge in [0.1, 0.15) is 18.4 Å². The normalized spacial score (nSPS) is 11.9. The summed E-state index contributed by atoms with van der Waals surface area (Å²) in [6.45, 7) is 2.48. The number of carbonyl (C=O) groups excluding carboxylic acids is 1. The summed E-state index contributed by atoms with van der Waals surface area (Å²) in [6.07, 6.45) is 4.24. The summed E-state index contributed by atoms with van der Waals surface area (Å²) < 4.78 is 7.61. The number of nitrogens with zero attached hydrogens (tertiary/aromatic N) is 3. The van der Waals surface area contributed by atoms with Crippen molar-refractivity contribution >= 4 is 16.7 Å². The highest BCUT2D eigenvalue weighted by atomic mass is 16.5. The lowest BCUT2D eigenvalue weighted by Gasteiger charge is -2.15. The van der Waals surface area contributed by atoms with Crippen LogP contribution in [0.15, 0.2) is 79.4 Å². The van der Waals surface area contributed by atoms with Crippen molar-refractivity contribution in [3.8, 4) is 11.4 Å². The molecule has 0 saturated heterocycles. The zero-order valence-electron chi connectivity index (χ0n) is 16.9. The minimum absolute atomic E-state index is 0.0179. The molecule has 0 radical (unpaired) electrons. The van der Waals surface area contributed by atoms with Gasteiger partial charge in [0.05, 0.1) is 18.3 Å². The van der Waals surface area contributed by atoms with Gasteiger partial charge in [0, 0.05) is 11.8 Å². The lowest BCUT2D eigenvalue weighted by molar-refractivity contribution is -0.121. The highest BCUT2D eigenvalue weighted by Gasteiger charge is 2.10. The Morgan fingerprint density at radius 1 is 1.07 bits per heavy atom. The van der Waals surface area contributed by atoms with E-state index in [1.807, 2.05) is 61.5 Å². The number of hydrogen-bond acceptors (Lipinski definition) is 4. The van der Waals surface area contributed by atoms with Crippen molar-refractivity contribution in [2.24, 2.45) is 0 Å². The van der Waals surface area contributed by atoms with Crippen LogP contribution in [0.1, 0.15) is 31.4 Å². The molecule has 0 saturated carbocycles. The van der Waals surface area contributed by atoms with Crippen molar-refractivity contribution in [3.63, 3.8) is 0 Å². The number of aromatic nitrogens is 3. The lowest BCUT2D eigenvalue weighted by atomic mass is 10.1. The van der Waals surface area contributed by atoms with E-state index in [1.54, 1.807) is 11.0 Å². The first kappa shape index (κ1) is 19.6. The first-order valence-electron chi connectivity index (χ1n) is 10.1. The molecule has 4 aromatic rings. The van der Waals surface area contributed by atoms with Gasteiger partial charge >= 0.3 is 0 Å². The fraction of sp³-hybridized carbons (Fsp3) is 0.208. The molecule has 1 N–H and O–H groups in total. The smallest absolute Gasteiger partial charge is 0.220 e. The summed E-state index contributed by atoms with van der Waals surface area (Å²) in [5.41, 5.74) is 1.97. The fourth-order valence-electron chi connectivity index (χ4n) is 3.39. The van der Waals surface area contributed by atoms with Crippen LogP contribution >= 0.6 is 0 Å². The Morgan fingerprint density at radius 3 is 2.67 bits per heavy atom. The molecule has 0 aliphatic carbocycles. The molecule has 0 aliphatic heterocycles. The third kappa shape index (κ3) is 4.66. The van der Waals surface area contributed by atoms with Crippen LogP contribution in [-0.4, -0.2) is 27.3 Å². The molecule has 6 nitrogen and oxygen atoms in total. The topological polar surface area (TPSA) is 69.0 Å². The van der Waals surface area contributed by atoms with E-state index in [4.69, 9.17) is 4.74 Å². The van der Waals surface area contributed by atoms with Gasteiger partial charge in [-0.2, -0.15) is 5.10 Å². The number of hydrogen-bond donors (Lipinski definition) is 1. The summed E-state index contributed by atoms with van der Waals surface area (Å²) in [7, 11) is 0. The van der Waals surface area contributed by atoms with Gasteiger partial charge in [0.15, 0.2) is 0 Å². The molecule has 152 valence electrons. The zero-order valence-corrected chi connectivity index (χ0v) is 16.9. The van der Waals surface area contributed by atoms with Crippen LogP contribution in [0, 0.1) is 0 Å². The Labute approximate surface area is 175 Å². The van der Waals surface area contributed by atoms with Gasteiger partial charge in [0.2, 0.25) is 5.91 Å². The maximum absolute atomic E-state index is 12.3. The van der Waals surface area contributed by atoms with Crippen LogP contribution in [0.25, 0.3) is 16.5 Å². The van der Waals surface area contributed by atoms with Crippen LogP contribution in [0.4, 0.5) is 0 Å². The van der Waals surface area contributed by atoms with Gasteiger partial charge < -0.3 is 10.1 Å². The summed E-state index contributed by atoms with van der Waals surface area (Å²) in [5.74, 6) is 0.874. The van der Waals surface area contributed by atoms with Crippen molar-refractivity contribution in [1.29, 1.82) is 0 Å². The second-order valence-corrected chi connectivity index (χ2v) is 7.15. The molecule has 0 fully saturated rings. The quantitative estimate of drug-likeness (QED) is 0.444. The predicted molar refractivity (Wildman–Crippen MR) is 117 cm³/mol. The van der Waals surface area contributed by atoms with Crippen LogP contribution in [-0.2, 0) is 4.79 Å². The van der Waals surface area contributed by atoms with Crippen molar-refractivity contribution in [2.75, 3.05) is 6.61 Å². The van der Waals surface area contributed by atoms with Gasteiger partial charge in [-0.15, -0.1) is 0 Å². The van der Waals surface area contributed by atoms with E-state index in [0.29, 0.717) is 19.4 Å². The lowest BCUT2D eigenvalue weighted by Crippen LogP contribution is -2.26. The molecule has 30 heavy (non-hydrogen) atoms. The highest BCUT2D eigenvalue weighted by molar-refractivity contribution is 5.88. The highest BCUT2D eigenvalue weighted by Crippen LogP contribution is 2.25. The summed E-state index contributed by atoms with van der Waals surface area (Å²) >= 11 is 0. The Bertz CT molecular complexity index is 1100. The van der Waals surface area contributed by atoms with Crippen LogP contribution in [0.5, 0.6) is 5.75 Å². The fourth-order valence-corrected chi connectivity index (χ4v) is 3.39. The molecule has 1 aromatic heterocycles. The largest absolute Gasteiger partial charge is 0.493 e. The molecule has 1 heterocycles. The van der Waals surface area contributed by atoms with Crippen molar-refractivity contribution in [1.82, 2.24) is 20.1 Å². The molecule has 0 spiro atoms. The predicted octanol–water partition coefficient (Wildman–Crippen LogP) is 4.46. The van der Waals surface area contributed by atoms with Gasteiger partial charge in [-0.05, 0) is 42.5 Å². The van der Waals surface area contributed by atoms with Crippen LogP contribution in [0.3, 0.4) is 0 Å². The number of nitrogens with one attached hydrogen (secondary N) is 1. The number of benzene rings is 3. The Balaban J connectivity index is 1.24. The summed E-state index contributed by atoms with van der Waals surface area (Å²) in [4.78, 5) is 16.3. The SMILES string of the molecule is CC(NC(=O)CCCOc1cccc2ccccc12)c1ccc(-n2cncn2)cc1. The molecule has 0 aliphatic rings. The maximum atomic E-state index is 12.3. The average Bonchev–Trinajstić information content (AvgIpc) is 3.32. The third-order valence-corrected chi connectivity index (χ3v) is 5.01. The van der Waals surface area contributed by atoms with E-state index in [2.05, 4.69) is 27.5 Å². The number of carbonyl (C=O) groups is 1. The third-order valence-electron chi connectivity index (χ3n) is 5.01. The molecule has 0 bridgehead atoms. The maximum Gasteiger partial charge on any atom is 0.220 e. The van der Waals surface area contributed by atoms with E-state index in [-0.39, 0.29) is 11.9 Å². The number of amides is 1. The van der Waals surface area contributed by atoms with E-state index in [9.17, 15) is 4.79 Å². The summed E-state index contributed by atoms with van der Waals surface area (Å²) in [5, 5.41) is 9.40.